The summed E-state index contributed by atoms with van der Waals surface area (Å²) in [6, 6.07) is 3.61. The largest absolute Gasteiger partial charge is 0.356 e. The lowest BCUT2D eigenvalue weighted by Crippen LogP contribution is -2.34. The van der Waals surface area contributed by atoms with Crippen molar-refractivity contribution in [2.75, 3.05) is 6.54 Å². The molecule has 0 bridgehead atoms. The van der Waals surface area contributed by atoms with Gasteiger partial charge in [0.05, 0.1) is 6.42 Å². The molecular weight excluding hydrogens is 292 g/mol. The fourth-order valence-corrected chi connectivity index (χ4v) is 2.64. The van der Waals surface area contributed by atoms with Gasteiger partial charge in [0, 0.05) is 35.8 Å². The molecule has 0 atom stereocenters. The third-order valence-electron chi connectivity index (χ3n) is 4.31. The molecule has 0 saturated heterocycles. The number of aromatic amines is 1. The van der Waals surface area contributed by atoms with Crippen LogP contribution >= 0.6 is 0 Å². The minimum Gasteiger partial charge on any atom is -0.356 e. The van der Waals surface area contributed by atoms with Gasteiger partial charge in [-0.2, -0.15) is 0 Å². The van der Waals surface area contributed by atoms with Crippen molar-refractivity contribution in [2.45, 2.75) is 32.6 Å². The van der Waals surface area contributed by atoms with Crippen molar-refractivity contribution in [1.29, 1.82) is 0 Å². The molecule has 0 unspecified atom stereocenters. The number of carbonyl (C=O) groups is 1. The average molecular weight is 312 g/mol. The summed E-state index contributed by atoms with van der Waals surface area (Å²) in [7, 11) is 0. The summed E-state index contributed by atoms with van der Waals surface area (Å²) in [5, 5.41) is 2.90. The van der Waals surface area contributed by atoms with Crippen LogP contribution in [0.1, 0.15) is 30.5 Å². The molecule has 1 aliphatic rings. The smallest absolute Gasteiger partial charge is 0.255 e. The number of hydrogen-bond acceptors (Lipinski definition) is 4. The number of aromatic nitrogens is 3. The van der Waals surface area contributed by atoms with Crippen molar-refractivity contribution < 1.29 is 4.79 Å². The van der Waals surface area contributed by atoms with Crippen LogP contribution in [0.25, 0.3) is 11.4 Å². The zero-order chi connectivity index (χ0) is 16.2. The third kappa shape index (κ3) is 3.64. The fraction of sp³-hybridized carbons (Fsp3) is 0.412. The number of rotatable bonds is 5. The monoisotopic (exact) mass is 312 g/mol. The molecule has 1 amide bonds. The Balaban J connectivity index is 1.72. The minimum atomic E-state index is -0.268. The predicted octanol–water partition coefficient (Wildman–Crippen LogP) is 1.60. The first kappa shape index (κ1) is 15.4. The highest BCUT2D eigenvalue weighted by atomic mass is 16.2. The van der Waals surface area contributed by atoms with Gasteiger partial charge < -0.3 is 10.3 Å². The zero-order valence-electron chi connectivity index (χ0n) is 13.1. The van der Waals surface area contributed by atoms with Crippen molar-refractivity contribution in [3.63, 3.8) is 0 Å². The standard InChI is InChI=1S/C17H20N4O2/c1-11-14(8-15(22)19-9-12-4-2-5-12)17(23)21-16(20-11)13-6-3-7-18-10-13/h3,6-7,10,12H,2,4-5,8-9H2,1H3,(H,19,22)(H,20,21,23). The highest BCUT2D eigenvalue weighted by Crippen LogP contribution is 2.25. The van der Waals surface area contributed by atoms with E-state index in [1.807, 2.05) is 6.07 Å². The molecule has 2 aromatic rings. The number of nitrogens with one attached hydrogen (secondary N) is 2. The fourth-order valence-electron chi connectivity index (χ4n) is 2.64. The molecule has 2 N–H and O–H groups in total. The van der Waals surface area contributed by atoms with Crippen molar-refractivity contribution in [2.24, 2.45) is 5.92 Å². The molecule has 0 radical (unpaired) electrons. The minimum absolute atomic E-state index is 0.0637. The molecule has 1 fully saturated rings. The van der Waals surface area contributed by atoms with Gasteiger partial charge in [-0.05, 0) is 37.8 Å². The topological polar surface area (TPSA) is 87.7 Å². The van der Waals surface area contributed by atoms with Crippen LogP contribution in [0.3, 0.4) is 0 Å². The first-order valence-electron chi connectivity index (χ1n) is 7.90. The number of hydrogen-bond donors (Lipinski definition) is 2. The number of pyridine rings is 1. The number of carbonyl (C=O) groups excluding carboxylic acids is 1. The molecule has 1 aliphatic carbocycles. The summed E-state index contributed by atoms with van der Waals surface area (Å²) >= 11 is 0. The Hall–Kier alpha value is -2.50. The molecule has 3 rings (SSSR count). The quantitative estimate of drug-likeness (QED) is 0.878. The van der Waals surface area contributed by atoms with E-state index in [0.29, 0.717) is 29.5 Å². The van der Waals surface area contributed by atoms with E-state index in [4.69, 9.17) is 0 Å². The van der Waals surface area contributed by atoms with Gasteiger partial charge >= 0.3 is 0 Å². The van der Waals surface area contributed by atoms with Crippen LogP contribution in [0, 0.1) is 12.8 Å². The zero-order valence-corrected chi connectivity index (χ0v) is 13.1. The van der Waals surface area contributed by atoms with Crippen LogP contribution in [0.4, 0.5) is 0 Å². The summed E-state index contributed by atoms with van der Waals surface area (Å²) in [5.41, 5.74) is 1.47. The maximum Gasteiger partial charge on any atom is 0.255 e. The van der Waals surface area contributed by atoms with Crippen molar-refractivity contribution in [3.8, 4) is 11.4 Å². The summed E-state index contributed by atoms with van der Waals surface area (Å²) in [6.07, 6.45) is 6.98. The Labute approximate surface area is 134 Å². The Kier molecular flexibility index (Phi) is 4.50. The Morgan fingerprint density at radius 3 is 2.87 bits per heavy atom. The molecule has 1 saturated carbocycles. The molecule has 2 heterocycles. The highest BCUT2D eigenvalue weighted by Gasteiger charge is 2.19. The van der Waals surface area contributed by atoms with E-state index in [0.717, 1.165) is 5.56 Å². The van der Waals surface area contributed by atoms with Gasteiger partial charge in [-0.3, -0.25) is 14.6 Å². The molecule has 0 aliphatic heterocycles. The Morgan fingerprint density at radius 1 is 1.43 bits per heavy atom. The van der Waals surface area contributed by atoms with Crippen LogP contribution in [0.5, 0.6) is 0 Å². The van der Waals surface area contributed by atoms with Gasteiger partial charge in [-0.15, -0.1) is 0 Å². The van der Waals surface area contributed by atoms with E-state index in [1.165, 1.54) is 19.3 Å². The SMILES string of the molecule is Cc1nc(-c2cccnc2)[nH]c(=O)c1CC(=O)NCC1CCC1. The third-order valence-corrected chi connectivity index (χ3v) is 4.31. The lowest BCUT2D eigenvalue weighted by molar-refractivity contribution is -0.120. The average Bonchev–Trinajstić information content (AvgIpc) is 2.50. The summed E-state index contributed by atoms with van der Waals surface area (Å²) in [6.45, 7) is 2.46. The van der Waals surface area contributed by atoms with Crippen LogP contribution < -0.4 is 10.9 Å². The Bertz CT molecular complexity index is 751. The lowest BCUT2D eigenvalue weighted by atomic mass is 9.85. The molecule has 6 heteroatoms. The van der Waals surface area contributed by atoms with Crippen LogP contribution in [-0.4, -0.2) is 27.4 Å². The molecule has 6 nitrogen and oxygen atoms in total. The van der Waals surface area contributed by atoms with E-state index in [9.17, 15) is 9.59 Å². The molecule has 120 valence electrons. The highest BCUT2D eigenvalue weighted by molar-refractivity contribution is 5.78. The Morgan fingerprint density at radius 2 is 2.26 bits per heavy atom. The van der Waals surface area contributed by atoms with Crippen molar-refractivity contribution in [1.82, 2.24) is 20.3 Å². The van der Waals surface area contributed by atoms with Gasteiger partial charge in [0.25, 0.3) is 5.56 Å². The maximum absolute atomic E-state index is 12.3. The van der Waals surface area contributed by atoms with E-state index >= 15 is 0 Å². The van der Waals surface area contributed by atoms with E-state index < -0.39 is 0 Å². The van der Waals surface area contributed by atoms with Gasteiger partial charge in [0.15, 0.2) is 0 Å². The predicted molar refractivity (Wildman–Crippen MR) is 86.9 cm³/mol. The van der Waals surface area contributed by atoms with Crippen LogP contribution in [0.2, 0.25) is 0 Å². The van der Waals surface area contributed by atoms with Gasteiger partial charge in [-0.25, -0.2) is 4.98 Å². The second-order valence-electron chi connectivity index (χ2n) is 6.00. The van der Waals surface area contributed by atoms with E-state index in [1.54, 1.807) is 25.4 Å². The van der Waals surface area contributed by atoms with Gasteiger partial charge in [0.2, 0.25) is 5.91 Å². The van der Waals surface area contributed by atoms with Crippen LogP contribution in [0.15, 0.2) is 29.3 Å². The molecule has 0 aromatic carbocycles. The molecule has 23 heavy (non-hydrogen) atoms. The van der Waals surface area contributed by atoms with Crippen molar-refractivity contribution >= 4 is 5.91 Å². The molecule has 0 spiro atoms. The number of amides is 1. The molecular formula is C17H20N4O2. The summed E-state index contributed by atoms with van der Waals surface area (Å²) < 4.78 is 0. The first-order valence-corrected chi connectivity index (χ1v) is 7.90. The second kappa shape index (κ2) is 6.73. The van der Waals surface area contributed by atoms with E-state index in [2.05, 4.69) is 20.3 Å². The second-order valence-corrected chi connectivity index (χ2v) is 6.00. The van der Waals surface area contributed by atoms with Gasteiger partial charge in [0.1, 0.15) is 5.82 Å². The van der Waals surface area contributed by atoms with Crippen molar-refractivity contribution in [3.05, 3.63) is 46.1 Å². The normalized spacial score (nSPS) is 14.3. The molecule has 2 aromatic heterocycles. The lowest BCUT2D eigenvalue weighted by Gasteiger charge is -2.25. The summed E-state index contributed by atoms with van der Waals surface area (Å²) in [4.78, 5) is 35.5. The maximum atomic E-state index is 12.3. The van der Waals surface area contributed by atoms with Crippen LogP contribution in [-0.2, 0) is 11.2 Å². The number of nitrogens with zero attached hydrogens (tertiary/aromatic N) is 2. The number of aryl methyl sites for hydroxylation is 1. The van der Waals surface area contributed by atoms with E-state index in [-0.39, 0.29) is 17.9 Å². The summed E-state index contributed by atoms with van der Waals surface area (Å²) in [5.74, 6) is 0.949. The first-order chi connectivity index (χ1) is 11.1. The number of H-pyrrole nitrogens is 1. The van der Waals surface area contributed by atoms with Gasteiger partial charge in [-0.1, -0.05) is 6.42 Å².